The van der Waals surface area contributed by atoms with E-state index < -0.39 is 165 Å². The van der Waals surface area contributed by atoms with Crippen molar-refractivity contribution in [1.29, 1.82) is 0 Å². The van der Waals surface area contributed by atoms with Crippen LogP contribution in [0.15, 0.2) is 0 Å². The summed E-state index contributed by atoms with van der Waals surface area (Å²) in [6, 6.07) is 0. The molecule has 0 aromatic heterocycles. The molecule has 5 heterocycles. The average Bonchev–Trinajstić information content (AvgIpc) is 3.84. The summed E-state index contributed by atoms with van der Waals surface area (Å²) in [5.41, 5.74) is -2.67. The van der Waals surface area contributed by atoms with Crippen LogP contribution in [0.3, 0.4) is 0 Å². The molecule has 75 heavy (non-hydrogen) atoms. The van der Waals surface area contributed by atoms with Crippen molar-refractivity contribution in [2.45, 2.75) is 247 Å². The molecular formula is C53H86O22. The molecule has 5 aliphatic heterocycles. The molecule has 0 unspecified atom stereocenters. The Labute approximate surface area is 437 Å². The number of carbonyl (C=O) groups excluding carboxylic acids is 1. The maximum atomic E-state index is 12.6. The smallest absolute Gasteiger partial charge is 0.187 e. The van der Waals surface area contributed by atoms with E-state index in [2.05, 4.69) is 41.5 Å². The predicted molar refractivity (Wildman–Crippen MR) is 255 cm³/mol. The minimum atomic E-state index is -1.92. The van der Waals surface area contributed by atoms with Gasteiger partial charge in [0.1, 0.15) is 91.7 Å². The third kappa shape index (κ3) is 8.54. The van der Waals surface area contributed by atoms with Gasteiger partial charge in [0.05, 0.1) is 50.3 Å². The second-order valence-electron chi connectivity index (χ2n) is 26.2. The Morgan fingerprint density at radius 2 is 1.16 bits per heavy atom. The van der Waals surface area contributed by atoms with E-state index in [0.717, 1.165) is 51.2 Å². The first-order valence-corrected chi connectivity index (χ1v) is 27.5. The predicted octanol–water partition coefficient (Wildman–Crippen LogP) is -1.50. The zero-order valence-corrected chi connectivity index (χ0v) is 44.3. The van der Waals surface area contributed by atoms with Gasteiger partial charge in [0.25, 0.3) is 0 Å². The molecule has 0 aromatic rings. The summed E-state index contributed by atoms with van der Waals surface area (Å²) < 4.78 is 56.8. The second kappa shape index (κ2) is 20.1. The molecule has 10 fully saturated rings. The Kier molecular flexibility index (Phi) is 15.3. The molecule has 12 N–H and O–H groups in total. The van der Waals surface area contributed by atoms with Gasteiger partial charge in [-0.05, 0) is 105 Å². The van der Waals surface area contributed by atoms with Gasteiger partial charge in [-0.1, -0.05) is 41.5 Å². The quantitative estimate of drug-likeness (QED) is 0.0827. The molecule has 5 saturated carbocycles. The Morgan fingerprint density at radius 3 is 1.83 bits per heavy atom. The van der Waals surface area contributed by atoms with Gasteiger partial charge in [-0.3, -0.25) is 0 Å². The van der Waals surface area contributed by atoms with Gasteiger partial charge in [-0.2, -0.15) is 0 Å². The molecule has 22 heteroatoms. The lowest BCUT2D eigenvalue weighted by molar-refractivity contribution is -0.401. The van der Waals surface area contributed by atoms with E-state index in [0.29, 0.717) is 25.9 Å². The van der Waals surface area contributed by atoms with E-state index in [1.165, 1.54) is 6.92 Å². The standard InChI is InChI=1S/C53H86O22/c1-23-32(59)35(62)38(65)43(69-23)74-41-37(64)34(61)26(19-55)71-46(41)73-40-24(57)20-67-45(42(40)75-44-39(66)36(63)33(60)25(18-54)70-44)72-31-10-11-49(5)27(47(31,2)3)8-12-50(6)28(49)9-13-53-29-16-48(4,21-56)14-15-52(29,22-68-53)30(58)17-51(50,53)7/h21,23-46,54-55,57-66H,8-20,22H2,1-7H3/t23-,24-,25+,26+,27-,28+,29+,30+,31-,32-,33+,34+,35+,36-,37-,38+,39+,40-,41+,42+,43-,44-,45-,46-,48-,49-,50+,51-,52+,53-/m0/s1. The number of hydrogen-bond donors (Lipinski definition) is 12. The molecule has 5 saturated heterocycles. The van der Waals surface area contributed by atoms with Crippen LogP contribution in [0.4, 0.5) is 0 Å². The van der Waals surface area contributed by atoms with Gasteiger partial charge in [0, 0.05) is 16.2 Å². The summed E-state index contributed by atoms with van der Waals surface area (Å²) >= 11 is 0. The highest BCUT2D eigenvalue weighted by molar-refractivity contribution is 5.59. The maximum Gasteiger partial charge on any atom is 0.187 e. The lowest BCUT2D eigenvalue weighted by Crippen LogP contribution is -2.74. The number of hydrogen-bond acceptors (Lipinski definition) is 22. The summed E-state index contributed by atoms with van der Waals surface area (Å²) in [5, 5.41) is 132. The average molecular weight is 1080 g/mol. The Bertz CT molecular complexity index is 2050. The van der Waals surface area contributed by atoms with E-state index in [4.69, 9.17) is 42.6 Å². The van der Waals surface area contributed by atoms with Crippen molar-refractivity contribution in [3.8, 4) is 0 Å². The Hall–Kier alpha value is -1.17. The molecule has 5 aliphatic carbocycles. The summed E-state index contributed by atoms with van der Waals surface area (Å²) in [7, 11) is 0. The number of ether oxygens (including phenoxy) is 9. The van der Waals surface area contributed by atoms with Gasteiger partial charge in [0.15, 0.2) is 25.2 Å². The molecule has 1 spiro atoms. The minimum absolute atomic E-state index is 0.0639. The third-order valence-electron chi connectivity index (χ3n) is 22.3. The van der Waals surface area contributed by atoms with Crippen LogP contribution in [0, 0.1) is 50.2 Å². The molecule has 2 bridgehead atoms. The number of carbonyl (C=O) groups is 1. The van der Waals surface area contributed by atoms with Crippen molar-refractivity contribution in [2.24, 2.45) is 50.2 Å². The van der Waals surface area contributed by atoms with Crippen LogP contribution in [-0.4, -0.2) is 229 Å². The van der Waals surface area contributed by atoms with Gasteiger partial charge < -0.3 is 109 Å². The molecule has 10 aliphatic rings. The van der Waals surface area contributed by atoms with E-state index >= 15 is 0 Å². The molecule has 0 aromatic carbocycles. The highest BCUT2D eigenvalue weighted by atomic mass is 16.8. The van der Waals surface area contributed by atoms with Gasteiger partial charge in [0.2, 0.25) is 0 Å². The number of rotatable bonds is 11. The molecule has 0 amide bonds. The van der Waals surface area contributed by atoms with Crippen LogP contribution in [0.25, 0.3) is 0 Å². The molecule has 22 nitrogen and oxygen atoms in total. The largest absolute Gasteiger partial charge is 0.394 e. The van der Waals surface area contributed by atoms with Crippen LogP contribution in [-0.2, 0) is 47.4 Å². The monoisotopic (exact) mass is 1070 g/mol. The SMILES string of the molecule is C[C@@H]1O[C@@H](O[C@H]2[C@H](O[C@@H]3[C@@H](O[C@@H]4O[C@H](CO)[C@@H](O)[C@H](O)[C@H]4O)[C@H](O[C@H]4CC[C@]5(C)[C@H]6CC[C@]78OC[C@@]9(CC[C@](C)(C=O)C[C@H]97)[C@H](O)C[C@@]8(C)[C@]6(C)CC[C@H]5C4(C)C)OC[C@@H]3O)O[C@H](CO)[C@@H](O)[C@@H]2O)[C@H](O)[C@H](O)[C@H]1O. The highest BCUT2D eigenvalue weighted by Crippen LogP contribution is 2.80. The molecule has 10 rings (SSSR count). The summed E-state index contributed by atoms with van der Waals surface area (Å²) in [5.74, 6) is 0.408. The zero-order chi connectivity index (χ0) is 54.3. The first-order chi connectivity index (χ1) is 35.2. The Balaban J connectivity index is 0.934. The van der Waals surface area contributed by atoms with E-state index in [9.17, 15) is 66.1 Å². The number of aliphatic hydroxyl groups excluding tert-OH is 12. The van der Waals surface area contributed by atoms with Crippen molar-refractivity contribution in [1.82, 2.24) is 0 Å². The van der Waals surface area contributed by atoms with E-state index in [1.54, 1.807) is 0 Å². The minimum Gasteiger partial charge on any atom is -0.394 e. The fourth-order valence-electron chi connectivity index (χ4n) is 17.6. The molecule has 430 valence electrons. The van der Waals surface area contributed by atoms with E-state index in [-0.39, 0.29) is 39.4 Å². The summed E-state index contributed by atoms with van der Waals surface area (Å²) in [4.78, 5) is 12.6. The first kappa shape index (κ1) is 57.1. The molecule has 0 radical (unpaired) electrons. The second-order valence-corrected chi connectivity index (χ2v) is 26.2. The van der Waals surface area contributed by atoms with Crippen molar-refractivity contribution in [3.63, 3.8) is 0 Å². The van der Waals surface area contributed by atoms with Gasteiger partial charge in [-0.25, -0.2) is 0 Å². The van der Waals surface area contributed by atoms with Crippen LogP contribution in [0.2, 0.25) is 0 Å². The van der Waals surface area contributed by atoms with Crippen molar-refractivity contribution in [3.05, 3.63) is 0 Å². The fraction of sp³-hybridized carbons (Fsp3) is 0.981. The number of aliphatic hydroxyl groups is 12. The Morgan fingerprint density at radius 1 is 0.560 bits per heavy atom. The lowest BCUT2D eigenvalue weighted by Gasteiger charge is -2.75. The van der Waals surface area contributed by atoms with Crippen LogP contribution in [0.5, 0.6) is 0 Å². The lowest BCUT2D eigenvalue weighted by atomic mass is 9.30. The van der Waals surface area contributed by atoms with Crippen LogP contribution in [0.1, 0.15) is 113 Å². The number of fused-ring (bicyclic) bond motifs is 4. The summed E-state index contributed by atoms with van der Waals surface area (Å²) in [6.45, 7) is 13.5. The van der Waals surface area contributed by atoms with Gasteiger partial charge >= 0.3 is 0 Å². The van der Waals surface area contributed by atoms with Gasteiger partial charge in [-0.15, -0.1) is 0 Å². The normalized spacial score (nSPS) is 58.5. The zero-order valence-electron chi connectivity index (χ0n) is 44.3. The highest BCUT2D eigenvalue weighted by Gasteiger charge is 2.80. The molecule has 30 atom stereocenters. The fourth-order valence-corrected chi connectivity index (χ4v) is 17.6. The molecular weight excluding hydrogens is 989 g/mol. The third-order valence-corrected chi connectivity index (χ3v) is 22.3. The number of aldehydes is 1. The first-order valence-electron chi connectivity index (χ1n) is 27.5. The van der Waals surface area contributed by atoms with Crippen LogP contribution >= 0.6 is 0 Å². The summed E-state index contributed by atoms with van der Waals surface area (Å²) in [6.07, 6.45) is -24.0. The van der Waals surface area contributed by atoms with Crippen molar-refractivity contribution < 1.29 is 109 Å². The van der Waals surface area contributed by atoms with Crippen molar-refractivity contribution in [2.75, 3.05) is 26.4 Å². The van der Waals surface area contributed by atoms with Crippen LogP contribution < -0.4 is 0 Å². The topological polar surface area (TPSA) is 343 Å². The van der Waals surface area contributed by atoms with E-state index in [1.807, 2.05) is 0 Å². The maximum absolute atomic E-state index is 12.6. The van der Waals surface area contributed by atoms with Crippen molar-refractivity contribution >= 4 is 6.29 Å².